The van der Waals surface area contributed by atoms with E-state index in [4.69, 9.17) is 5.26 Å². The number of anilines is 1. The molecule has 0 saturated carbocycles. The van der Waals surface area contributed by atoms with Crippen molar-refractivity contribution in [3.8, 4) is 6.07 Å². The summed E-state index contributed by atoms with van der Waals surface area (Å²) in [5.41, 5.74) is 3.28. The van der Waals surface area contributed by atoms with Crippen molar-refractivity contribution >= 4 is 28.9 Å². The van der Waals surface area contributed by atoms with Crippen molar-refractivity contribution in [2.45, 2.75) is 67.2 Å². The van der Waals surface area contributed by atoms with E-state index < -0.39 is 0 Å². The number of ketones is 3. The topological polar surface area (TPSA) is 104 Å². The van der Waals surface area contributed by atoms with Gasteiger partial charge in [0.15, 0.2) is 5.78 Å². The Kier molecular flexibility index (Phi) is 12.3. The number of nitriles is 1. The molecule has 2 rings (SSSR count). The molecule has 1 atom stereocenters. The number of rotatable bonds is 10. The van der Waals surface area contributed by atoms with E-state index in [0.29, 0.717) is 48.1 Å². The van der Waals surface area contributed by atoms with Crippen LogP contribution in [0.4, 0.5) is 5.69 Å². The van der Waals surface area contributed by atoms with Gasteiger partial charge in [-0.05, 0) is 67.8 Å². The minimum Gasteiger partial charge on any atom is -0.322 e. The third-order valence-electron chi connectivity index (χ3n) is 5.75. The molecule has 0 bridgehead atoms. The van der Waals surface area contributed by atoms with Crippen LogP contribution in [0.25, 0.3) is 0 Å². The van der Waals surface area contributed by atoms with Crippen LogP contribution in [0.15, 0.2) is 42.5 Å². The lowest BCUT2D eigenvalue weighted by Gasteiger charge is -2.12. The number of amides is 1. The molecule has 0 fully saturated rings. The highest BCUT2D eigenvalue weighted by atomic mass is 16.2. The second-order valence-corrected chi connectivity index (χ2v) is 8.83. The Hall–Kier alpha value is -3.59. The van der Waals surface area contributed by atoms with Crippen molar-refractivity contribution in [3.63, 3.8) is 0 Å². The zero-order chi connectivity index (χ0) is 26.5. The van der Waals surface area contributed by atoms with Gasteiger partial charge in [0.05, 0.1) is 11.6 Å². The van der Waals surface area contributed by atoms with Crippen LogP contribution >= 0.6 is 0 Å². The summed E-state index contributed by atoms with van der Waals surface area (Å²) in [5.74, 6) is 0.271. The average molecular weight is 477 g/mol. The number of carbonyl (C=O) groups excluding carboxylic acids is 4. The number of hydrogen-bond donors (Lipinski definition) is 1. The van der Waals surface area contributed by atoms with Crippen LogP contribution in [-0.2, 0) is 16.0 Å². The smallest absolute Gasteiger partial charge is 0.255 e. The first-order valence-corrected chi connectivity index (χ1v) is 12.0. The lowest BCUT2D eigenvalue weighted by Crippen LogP contribution is -2.14. The van der Waals surface area contributed by atoms with Gasteiger partial charge in [-0.15, -0.1) is 0 Å². The van der Waals surface area contributed by atoms with Crippen molar-refractivity contribution in [1.82, 2.24) is 0 Å². The molecule has 1 N–H and O–H groups in total. The van der Waals surface area contributed by atoms with E-state index >= 15 is 0 Å². The predicted octanol–water partition coefficient (Wildman–Crippen LogP) is 6.18. The molecule has 1 amide bonds. The fourth-order valence-electron chi connectivity index (χ4n) is 3.17. The molecule has 6 nitrogen and oxygen atoms in total. The zero-order valence-electron chi connectivity index (χ0n) is 21.6. The van der Waals surface area contributed by atoms with E-state index in [1.165, 1.54) is 0 Å². The van der Waals surface area contributed by atoms with Crippen LogP contribution in [0.2, 0.25) is 0 Å². The lowest BCUT2D eigenvalue weighted by atomic mass is 9.94. The molecule has 0 aliphatic rings. The monoisotopic (exact) mass is 476 g/mol. The molecule has 0 spiro atoms. The van der Waals surface area contributed by atoms with Crippen LogP contribution in [0.1, 0.15) is 92.6 Å². The molecule has 0 radical (unpaired) electrons. The van der Waals surface area contributed by atoms with Gasteiger partial charge >= 0.3 is 0 Å². The largest absolute Gasteiger partial charge is 0.322 e. The summed E-state index contributed by atoms with van der Waals surface area (Å²) in [6, 6.07) is 13.8. The van der Waals surface area contributed by atoms with Crippen LogP contribution in [0.3, 0.4) is 0 Å². The standard InChI is InChI=1S/C20H20N2O2.C9H16O2/c1-4-15-11-17(9-10-18(15)19(23)13(2)3)22-20(24)16-7-5-14(12-21)6-8-16;1-4-9(11)6-5-7(2)8(3)10/h5-11,13H,4H2,1-3H3,(H,22,24);7H,4-6H2,1-3H3. The summed E-state index contributed by atoms with van der Waals surface area (Å²) in [7, 11) is 0. The molecule has 0 heterocycles. The van der Waals surface area contributed by atoms with Gasteiger partial charge in [0, 0.05) is 41.5 Å². The highest BCUT2D eigenvalue weighted by molar-refractivity contribution is 6.05. The third-order valence-corrected chi connectivity index (χ3v) is 5.75. The number of benzene rings is 2. The molecule has 0 aromatic heterocycles. The van der Waals surface area contributed by atoms with E-state index in [-0.39, 0.29) is 35.1 Å². The normalized spacial score (nSPS) is 11.0. The highest BCUT2D eigenvalue weighted by Crippen LogP contribution is 2.20. The van der Waals surface area contributed by atoms with E-state index in [1.54, 1.807) is 43.3 Å². The summed E-state index contributed by atoms with van der Waals surface area (Å²) >= 11 is 0. The number of nitrogens with zero attached hydrogens (tertiary/aromatic N) is 1. The number of aryl methyl sites for hydroxylation is 1. The van der Waals surface area contributed by atoms with Gasteiger partial charge < -0.3 is 5.32 Å². The van der Waals surface area contributed by atoms with Crippen molar-refractivity contribution < 1.29 is 19.2 Å². The van der Waals surface area contributed by atoms with Crippen LogP contribution in [0, 0.1) is 23.2 Å². The molecule has 1 unspecified atom stereocenters. The molecule has 2 aromatic carbocycles. The molecule has 35 heavy (non-hydrogen) atoms. The van der Waals surface area contributed by atoms with Gasteiger partial charge in [-0.25, -0.2) is 0 Å². The van der Waals surface area contributed by atoms with E-state index in [1.807, 2.05) is 46.8 Å². The Morgan fingerprint density at radius 3 is 2.09 bits per heavy atom. The fraction of sp³-hybridized carbons (Fsp3) is 0.414. The molecular formula is C29H36N2O4. The first kappa shape index (κ1) is 29.4. The Labute approximate surface area is 208 Å². The molecule has 0 saturated heterocycles. The van der Waals surface area contributed by atoms with Crippen molar-refractivity contribution in [1.29, 1.82) is 5.26 Å². The maximum absolute atomic E-state index is 12.3. The maximum Gasteiger partial charge on any atom is 0.255 e. The SMILES string of the molecule is CCC(=O)CCC(C)C(C)=O.CCc1cc(NC(=O)c2ccc(C#N)cc2)ccc1C(=O)C(C)C. The second-order valence-electron chi connectivity index (χ2n) is 8.83. The molecule has 6 heteroatoms. The van der Waals surface area contributed by atoms with Crippen molar-refractivity contribution in [3.05, 3.63) is 64.7 Å². The Morgan fingerprint density at radius 2 is 1.60 bits per heavy atom. The number of nitrogens with one attached hydrogen (secondary N) is 1. The molecule has 2 aromatic rings. The molecular weight excluding hydrogens is 440 g/mol. The summed E-state index contributed by atoms with van der Waals surface area (Å²) in [5, 5.41) is 11.6. The van der Waals surface area contributed by atoms with E-state index in [2.05, 4.69) is 5.32 Å². The summed E-state index contributed by atoms with van der Waals surface area (Å²) < 4.78 is 0. The maximum atomic E-state index is 12.3. The third kappa shape index (κ3) is 9.66. The van der Waals surface area contributed by atoms with Crippen LogP contribution in [-0.4, -0.2) is 23.3 Å². The minimum absolute atomic E-state index is 0.0468. The van der Waals surface area contributed by atoms with Crippen molar-refractivity contribution in [2.75, 3.05) is 5.32 Å². The zero-order valence-corrected chi connectivity index (χ0v) is 21.6. The molecule has 186 valence electrons. The van der Waals surface area contributed by atoms with Crippen LogP contribution in [0.5, 0.6) is 0 Å². The van der Waals surface area contributed by atoms with Crippen LogP contribution < -0.4 is 5.32 Å². The second kappa shape index (κ2) is 14.6. The quantitative estimate of drug-likeness (QED) is 0.412. The van der Waals surface area contributed by atoms with Gasteiger partial charge in [-0.2, -0.15) is 5.26 Å². The summed E-state index contributed by atoms with van der Waals surface area (Å²) in [6.07, 6.45) is 2.57. The summed E-state index contributed by atoms with van der Waals surface area (Å²) in [6.45, 7) is 11.0. The Morgan fingerprint density at radius 1 is 0.971 bits per heavy atom. The average Bonchev–Trinajstić information content (AvgIpc) is 2.86. The summed E-state index contributed by atoms with van der Waals surface area (Å²) in [4.78, 5) is 46.1. The lowest BCUT2D eigenvalue weighted by molar-refractivity contribution is -0.121. The van der Waals surface area contributed by atoms with E-state index in [9.17, 15) is 19.2 Å². The number of hydrogen-bond acceptors (Lipinski definition) is 5. The number of Topliss-reactive ketones (excluding diaryl/α,β-unsaturated/α-hetero) is 3. The van der Waals surface area contributed by atoms with Gasteiger partial charge in [0.25, 0.3) is 5.91 Å². The van der Waals surface area contributed by atoms with Gasteiger partial charge in [0.1, 0.15) is 11.6 Å². The van der Waals surface area contributed by atoms with Gasteiger partial charge in [-0.3, -0.25) is 19.2 Å². The first-order valence-electron chi connectivity index (χ1n) is 12.0. The minimum atomic E-state index is -0.246. The fourth-order valence-corrected chi connectivity index (χ4v) is 3.17. The van der Waals surface area contributed by atoms with Gasteiger partial charge in [-0.1, -0.05) is 34.6 Å². The highest BCUT2D eigenvalue weighted by Gasteiger charge is 2.15. The van der Waals surface area contributed by atoms with Gasteiger partial charge in [0.2, 0.25) is 0 Å². The van der Waals surface area contributed by atoms with Crippen molar-refractivity contribution in [2.24, 2.45) is 11.8 Å². The predicted molar refractivity (Wildman–Crippen MR) is 138 cm³/mol. The van der Waals surface area contributed by atoms with E-state index in [0.717, 1.165) is 5.56 Å². The first-order chi connectivity index (χ1) is 16.5. The molecule has 0 aliphatic carbocycles. The molecule has 0 aliphatic heterocycles. The Bertz CT molecular complexity index is 1080. The number of carbonyl (C=O) groups is 4. The Balaban J connectivity index is 0.000000471.